The van der Waals surface area contributed by atoms with Gasteiger partial charge in [0.25, 0.3) is 5.91 Å². The molecule has 194 valence electrons. The predicted octanol–water partition coefficient (Wildman–Crippen LogP) is 8.98. The van der Waals surface area contributed by atoms with E-state index >= 15 is 0 Å². The Morgan fingerprint density at radius 3 is 2.39 bits per heavy atom. The summed E-state index contributed by atoms with van der Waals surface area (Å²) in [4.78, 5) is 13.8. The molecule has 1 aliphatic rings. The second kappa shape index (κ2) is 11.8. The average molecular weight is 565 g/mol. The van der Waals surface area contributed by atoms with Gasteiger partial charge in [0.05, 0.1) is 22.4 Å². The van der Waals surface area contributed by atoms with Gasteiger partial charge in [-0.15, -0.1) is 0 Å². The lowest BCUT2D eigenvalue weighted by Gasteiger charge is -2.17. The zero-order valence-corrected chi connectivity index (χ0v) is 23.3. The highest BCUT2D eigenvalue weighted by atomic mass is 35.5. The van der Waals surface area contributed by atoms with E-state index in [1.165, 1.54) is 0 Å². The van der Waals surface area contributed by atoms with Crippen LogP contribution in [0.5, 0.6) is 0 Å². The summed E-state index contributed by atoms with van der Waals surface area (Å²) < 4.78 is 1.82. The first kappa shape index (κ1) is 26.6. The number of hydrogen-bond donors (Lipinski definition) is 1. The number of hydrogen-bond acceptors (Lipinski definition) is 2. The maximum atomic E-state index is 13.8. The van der Waals surface area contributed by atoms with Crippen molar-refractivity contribution >= 4 is 52.4 Å². The van der Waals surface area contributed by atoms with Crippen molar-refractivity contribution in [3.8, 4) is 5.69 Å². The van der Waals surface area contributed by atoms with Crippen LogP contribution >= 0.6 is 34.8 Å². The standard InChI is InChI=1S/C31H28Cl3N3O/c1-2-27(21-8-4-3-5-9-21)35-31(38)29-25-11-7-6-10-22(18-20-12-14-23(32)15-13-20)30(25)37(36-29)28-17-16-24(33)19-26(28)34/h3-5,8-9,12-19,27H,2,6-7,10-11H2,1H3,(H,35,38)/t27-/m1/s1. The number of halogens is 3. The van der Waals surface area contributed by atoms with Gasteiger partial charge in [-0.25, -0.2) is 4.68 Å². The minimum atomic E-state index is -0.187. The Balaban J connectivity index is 1.64. The number of nitrogens with one attached hydrogen (secondary N) is 1. The number of carbonyl (C=O) groups is 1. The van der Waals surface area contributed by atoms with Crippen molar-refractivity contribution in [3.63, 3.8) is 0 Å². The smallest absolute Gasteiger partial charge is 0.272 e. The summed E-state index contributed by atoms with van der Waals surface area (Å²) in [7, 11) is 0. The molecule has 1 N–H and O–H groups in total. The molecule has 3 aromatic carbocycles. The van der Waals surface area contributed by atoms with Gasteiger partial charge in [-0.05, 0) is 85.2 Å². The van der Waals surface area contributed by atoms with E-state index in [4.69, 9.17) is 39.9 Å². The van der Waals surface area contributed by atoms with Crippen molar-refractivity contribution in [3.05, 3.63) is 116 Å². The molecule has 0 saturated carbocycles. The molecule has 0 spiro atoms. The van der Waals surface area contributed by atoms with Crippen molar-refractivity contribution in [2.45, 2.75) is 45.1 Å². The molecule has 0 radical (unpaired) electrons. The summed E-state index contributed by atoms with van der Waals surface area (Å²) in [5.74, 6) is -0.187. The molecule has 5 rings (SSSR count). The van der Waals surface area contributed by atoms with Crippen LogP contribution < -0.4 is 5.32 Å². The maximum Gasteiger partial charge on any atom is 0.272 e. The normalized spacial score (nSPS) is 15.1. The fourth-order valence-electron chi connectivity index (χ4n) is 5.00. The molecule has 0 aliphatic heterocycles. The van der Waals surface area contributed by atoms with Gasteiger partial charge in [-0.1, -0.05) is 84.2 Å². The number of benzene rings is 3. The molecule has 38 heavy (non-hydrogen) atoms. The molecule has 0 unspecified atom stereocenters. The summed E-state index contributed by atoms with van der Waals surface area (Å²) >= 11 is 19.0. The quantitative estimate of drug-likeness (QED) is 0.238. The van der Waals surface area contributed by atoms with Crippen molar-refractivity contribution in [1.82, 2.24) is 15.1 Å². The van der Waals surface area contributed by atoms with Crippen molar-refractivity contribution in [1.29, 1.82) is 0 Å². The van der Waals surface area contributed by atoms with Crippen LogP contribution in [0.3, 0.4) is 0 Å². The molecule has 0 saturated heterocycles. The summed E-state index contributed by atoms with van der Waals surface area (Å²) in [6.45, 7) is 2.07. The van der Waals surface area contributed by atoms with Crippen molar-refractivity contribution in [2.24, 2.45) is 0 Å². The number of fused-ring (bicyclic) bond motifs is 1. The number of amides is 1. The second-order valence-corrected chi connectivity index (χ2v) is 10.7. The molecule has 1 aliphatic carbocycles. The first-order valence-corrected chi connectivity index (χ1v) is 14.0. The first-order valence-electron chi connectivity index (χ1n) is 12.8. The van der Waals surface area contributed by atoms with Crippen LogP contribution in [0.4, 0.5) is 0 Å². The topological polar surface area (TPSA) is 46.9 Å². The summed E-state index contributed by atoms with van der Waals surface area (Å²) in [6.07, 6.45) is 6.50. The Labute approximate surface area is 238 Å². The first-order chi connectivity index (χ1) is 18.4. The van der Waals surface area contributed by atoms with Gasteiger partial charge in [0.15, 0.2) is 5.69 Å². The molecule has 1 heterocycles. The molecule has 4 nitrogen and oxygen atoms in total. The van der Waals surface area contributed by atoms with E-state index in [0.717, 1.165) is 60.1 Å². The van der Waals surface area contributed by atoms with E-state index in [1.807, 2.05) is 65.3 Å². The van der Waals surface area contributed by atoms with Crippen molar-refractivity contribution in [2.75, 3.05) is 0 Å². The lowest BCUT2D eigenvalue weighted by molar-refractivity contribution is 0.0929. The fraction of sp³-hybridized carbons (Fsp3) is 0.226. The predicted molar refractivity (Wildman–Crippen MR) is 157 cm³/mol. The minimum Gasteiger partial charge on any atom is -0.344 e. The SMILES string of the molecule is CC[C@@H](NC(=O)c1nn(-c2ccc(Cl)cc2Cl)c2c1CCCCC2=Cc1ccc(Cl)cc1)c1ccccc1. The van der Waals surface area contributed by atoms with E-state index in [9.17, 15) is 4.79 Å². The van der Waals surface area contributed by atoms with Gasteiger partial charge in [-0.3, -0.25) is 4.79 Å². The van der Waals surface area contributed by atoms with Gasteiger partial charge < -0.3 is 5.32 Å². The third-order valence-electron chi connectivity index (χ3n) is 6.89. The Morgan fingerprint density at radius 1 is 0.974 bits per heavy atom. The molecule has 0 fully saturated rings. The van der Waals surface area contributed by atoms with Gasteiger partial charge in [0, 0.05) is 15.6 Å². The van der Waals surface area contributed by atoms with E-state index in [2.05, 4.69) is 18.3 Å². The number of aromatic nitrogens is 2. The molecular weight excluding hydrogens is 537 g/mol. The lowest BCUT2D eigenvalue weighted by Crippen LogP contribution is -2.29. The van der Waals surface area contributed by atoms with E-state index in [-0.39, 0.29) is 11.9 Å². The largest absolute Gasteiger partial charge is 0.344 e. The van der Waals surface area contributed by atoms with Crippen LogP contribution in [0.1, 0.15) is 71.5 Å². The molecule has 0 bridgehead atoms. The van der Waals surface area contributed by atoms with Gasteiger partial charge >= 0.3 is 0 Å². The van der Waals surface area contributed by atoms with E-state index in [1.54, 1.807) is 12.1 Å². The Bertz CT molecular complexity index is 1480. The zero-order valence-electron chi connectivity index (χ0n) is 21.1. The van der Waals surface area contributed by atoms with E-state index < -0.39 is 0 Å². The molecule has 1 aromatic heterocycles. The van der Waals surface area contributed by atoms with Crippen LogP contribution in [-0.2, 0) is 6.42 Å². The lowest BCUT2D eigenvalue weighted by atomic mass is 10.0. The average Bonchev–Trinajstić information content (AvgIpc) is 3.17. The van der Waals surface area contributed by atoms with Crippen LogP contribution in [-0.4, -0.2) is 15.7 Å². The van der Waals surface area contributed by atoms with Crippen LogP contribution in [0.2, 0.25) is 15.1 Å². The summed E-state index contributed by atoms with van der Waals surface area (Å²) in [5, 5.41) is 9.83. The Morgan fingerprint density at radius 2 is 1.68 bits per heavy atom. The highest BCUT2D eigenvalue weighted by molar-refractivity contribution is 6.35. The number of allylic oxidation sites excluding steroid dienone is 1. The Hall–Kier alpha value is -3.05. The molecule has 1 atom stereocenters. The highest BCUT2D eigenvalue weighted by Crippen LogP contribution is 2.37. The highest BCUT2D eigenvalue weighted by Gasteiger charge is 2.29. The minimum absolute atomic E-state index is 0.113. The summed E-state index contributed by atoms with van der Waals surface area (Å²) in [6, 6.07) is 23.0. The van der Waals surface area contributed by atoms with Gasteiger partial charge in [-0.2, -0.15) is 5.10 Å². The third-order valence-corrected chi connectivity index (χ3v) is 7.68. The Kier molecular flexibility index (Phi) is 8.23. The number of rotatable bonds is 6. The van der Waals surface area contributed by atoms with Crippen molar-refractivity contribution < 1.29 is 4.79 Å². The number of carbonyl (C=O) groups excluding carboxylic acids is 1. The van der Waals surface area contributed by atoms with Crippen LogP contribution in [0, 0.1) is 0 Å². The maximum absolute atomic E-state index is 13.8. The third kappa shape index (κ3) is 5.68. The molecule has 1 amide bonds. The molecular formula is C31H28Cl3N3O. The van der Waals surface area contributed by atoms with Gasteiger partial charge in [0.1, 0.15) is 0 Å². The van der Waals surface area contributed by atoms with E-state index in [0.29, 0.717) is 26.4 Å². The monoisotopic (exact) mass is 563 g/mol. The molecule has 4 aromatic rings. The fourth-order valence-corrected chi connectivity index (χ4v) is 5.61. The molecule has 7 heteroatoms. The van der Waals surface area contributed by atoms with Crippen LogP contribution in [0.15, 0.2) is 72.8 Å². The second-order valence-electron chi connectivity index (χ2n) is 9.46. The summed E-state index contributed by atoms with van der Waals surface area (Å²) in [5.41, 5.74) is 6.18. The number of nitrogens with zero attached hydrogens (tertiary/aromatic N) is 2. The van der Waals surface area contributed by atoms with Crippen LogP contribution in [0.25, 0.3) is 17.3 Å². The zero-order chi connectivity index (χ0) is 26.6. The van der Waals surface area contributed by atoms with Gasteiger partial charge in [0.2, 0.25) is 0 Å².